The van der Waals surface area contributed by atoms with Gasteiger partial charge in [-0.15, -0.1) is 0 Å². The Morgan fingerprint density at radius 1 is 1.17 bits per heavy atom. The van der Waals surface area contributed by atoms with Gasteiger partial charge in [-0.3, -0.25) is 14.5 Å². The average molecular weight is 346 g/mol. The minimum absolute atomic E-state index is 0.154. The number of halogens is 3. The fourth-order valence-corrected chi connectivity index (χ4v) is 2.48. The van der Waals surface area contributed by atoms with Crippen molar-refractivity contribution in [1.82, 2.24) is 4.90 Å². The van der Waals surface area contributed by atoms with Crippen LogP contribution in [0.3, 0.4) is 0 Å². The van der Waals surface area contributed by atoms with Crippen LogP contribution in [0, 0.1) is 0 Å². The highest BCUT2D eigenvalue weighted by Crippen LogP contribution is 2.36. The molecule has 1 saturated heterocycles. The number of likely N-dealkylation sites (N-methyl/N-ethyl adjacent to an activating group) is 1. The number of rotatable bonds is 3. The Balaban J connectivity index is 2.35. The predicted octanol–water partition coefficient (Wildman–Crippen LogP) is 2.14. The summed E-state index contributed by atoms with van der Waals surface area (Å²) in [4.78, 5) is 24.9. The Hall–Kier alpha value is -1.67. The van der Waals surface area contributed by atoms with Gasteiger partial charge < -0.3 is 9.31 Å². The van der Waals surface area contributed by atoms with E-state index in [1.165, 1.54) is 36.2 Å². The van der Waals surface area contributed by atoms with Crippen molar-refractivity contribution < 1.29 is 27.7 Å². The van der Waals surface area contributed by atoms with E-state index in [2.05, 4.69) is 0 Å². The van der Waals surface area contributed by atoms with Crippen molar-refractivity contribution in [2.45, 2.75) is 18.7 Å². The van der Waals surface area contributed by atoms with E-state index in [9.17, 15) is 18.4 Å². The van der Waals surface area contributed by atoms with Gasteiger partial charge in [0.2, 0.25) is 0 Å². The van der Waals surface area contributed by atoms with Gasteiger partial charge in [0.1, 0.15) is 5.82 Å². The lowest BCUT2D eigenvalue weighted by Crippen LogP contribution is -2.48. The number of hydrogen-bond acceptors (Lipinski definition) is 5. The standard InChI is InChI=1S/C14H15BClF2NO4/c1-14(17,18)13(9-3-5-10(16)6-4-9)15-22-11(20)7-19(2)8-12(21)23-15/h3-6,13H,7-8H2,1-2H3. The zero-order valence-electron chi connectivity index (χ0n) is 12.6. The van der Waals surface area contributed by atoms with E-state index in [-0.39, 0.29) is 18.7 Å². The molecule has 23 heavy (non-hydrogen) atoms. The SMILES string of the molecule is CN1CC(=O)OB(C(c2ccc(Cl)cc2)C(C)(F)F)OC(=O)C1. The van der Waals surface area contributed by atoms with Crippen molar-refractivity contribution in [3.63, 3.8) is 0 Å². The van der Waals surface area contributed by atoms with Gasteiger partial charge in [-0.25, -0.2) is 8.78 Å². The van der Waals surface area contributed by atoms with Crippen LogP contribution >= 0.6 is 11.6 Å². The van der Waals surface area contributed by atoms with E-state index in [1.807, 2.05) is 0 Å². The molecule has 124 valence electrons. The average Bonchev–Trinajstić information content (AvgIpc) is 2.37. The highest BCUT2D eigenvalue weighted by Gasteiger charge is 2.52. The summed E-state index contributed by atoms with van der Waals surface area (Å²) in [6, 6.07) is 5.65. The van der Waals surface area contributed by atoms with Gasteiger partial charge in [-0.05, 0) is 31.7 Å². The second kappa shape index (κ2) is 6.84. The summed E-state index contributed by atoms with van der Waals surface area (Å²) in [5.74, 6) is -6.40. The Morgan fingerprint density at radius 3 is 2.09 bits per heavy atom. The molecule has 1 unspecified atom stereocenters. The topological polar surface area (TPSA) is 55.8 Å². The molecule has 0 saturated carbocycles. The third-order valence-electron chi connectivity index (χ3n) is 3.34. The summed E-state index contributed by atoms with van der Waals surface area (Å²) in [5, 5.41) is 0.375. The molecule has 5 nitrogen and oxygen atoms in total. The van der Waals surface area contributed by atoms with Crippen LogP contribution in [0.25, 0.3) is 0 Å². The normalized spacial score (nSPS) is 18.7. The largest absolute Gasteiger partial charge is 0.612 e. The summed E-state index contributed by atoms with van der Waals surface area (Å²) in [6.07, 6.45) is 0. The van der Waals surface area contributed by atoms with Gasteiger partial charge in [0.15, 0.2) is 0 Å². The third-order valence-corrected chi connectivity index (χ3v) is 3.59. The van der Waals surface area contributed by atoms with Gasteiger partial charge in [0.05, 0.1) is 13.1 Å². The molecule has 1 aromatic carbocycles. The minimum Gasteiger partial charge on any atom is -0.498 e. The van der Waals surface area contributed by atoms with E-state index in [0.29, 0.717) is 11.9 Å². The molecule has 1 heterocycles. The highest BCUT2D eigenvalue weighted by molar-refractivity contribution is 6.51. The third kappa shape index (κ3) is 4.65. The molecule has 1 aliphatic heterocycles. The van der Waals surface area contributed by atoms with E-state index < -0.39 is 30.8 Å². The van der Waals surface area contributed by atoms with Crippen LogP contribution in [0.5, 0.6) is 0 Å². The molecule has 0 bridgehead atoms. The zero-order valence-corrected chi connectivity index (χ0v) is 13.3. The number of hydrogen-bond donors (Lipinski definition) is 0. The quantitative estimate of drug-likeness (QED) is 0.786. The lowest BCUT2D eigenvalue weighted by Gasteiger charge is -2.30. The van der Waals surface area contributed by atoms with Crippen molar-refractivity contribution in [2.75, 3.05) is 20.1 Å². The Kier molecular flexibility index (Phi) is 5.26. The summed E-state index contributed by atoms with van der Waals surface area (Å²) in [5.41, 5.74) is 0.154. The monoisotopic (exact) mass is 345 g/mol. The van der Waals surface area contributed by atoms with Crippen molar-refractivity contribution >= 4 is 30.7 Å². The zero-order chi connectivity index (χ0) is 17.2. The molecule has 1 aliphatic rings. The molecule has 2 rings (SSSR count). The van der Waals surface area contributed by atoms with Crippen LogP contribution in [0.15, 0.2) is 24.3 Å². The number of carbonyl (C=O) groups excluding carboxylic acids is 2. The molecule has 1 fully saturated rings. The molecule has 9 heteroatoms. The first-order chi connectivity index (χ1) is 10.7. The Bertz CT molecular complexity index is 573. The van der Waals surface area contributed by atoms with Gasteiger partial charge in [-0.1, -0.05) is 23.7 Å². The van der Waals surface area contributed by atoms with Crippen LogP contribution in [-0.4, -0.2) is 50.0 Å². The van der Waals surface area contributed by atoms with Gasteiger partial charge in [0, 0.05) is 5.02 Å². The Morgan fingerprint density at radius 2 is 1.65 bits per heavy atom. The summed E-state index contributed by atoms with van der Waals surface area (Å²) >= 11 is 5.76. The van der Waals surface area contributed by atoms with E-state index >= 15 is 0 Å². The molecule has 0 aliphatic carbocycles. The lowest BCUT2D eigenvalue weighted by atomic mass is 9.64. The smallest absolute Gasteiger partial charge is 0.498 e. The van der Waals surface area contributed by atoms with E-state index in [0.717, 1.165) is 0 Å². The second-order valence-corrected chi connectivity index (χ2v) is 5.94. The van der Waals surface area contributed by atoms with Crippen LogP contribution in [-0.2, 0) is 18.9 Å². The number of alkyl halides is 2. The summed E-state index contributed by atoms with van der Waals surface area (Å²) in [7, 11) is -0.182. The van der Waals surface area contributed by atoms with Crippen molar-refractivity contribution in [2.24, 2.45) is 0 Å². The van der Waals surface area contributed by atoms with Crippen LogP contribution < -0.4 is 0 Å². The molecular formula is C14H15BClF2NO4. The van der Waals surface area contributed by atoms with Gasteiger partial charge in [0.25, 0.3) is 5.92 Å². The van der Waals surface area contributed by atoms with Crippen LogP contribution in [0.1, 0.15) is 18.3 Å². The van der Waals surface area contributed by atoms with E-state index in [1.54, 1.807) is 0 Å². The first-order valence-electron chi connectivity index (χ1n) is 6.87. The number of benzene rings is 1. The van der Waals surface area contributed by atoms with Crippen molar-refractivity contribution in [1.29, 1.82) is 0 Å². The molecule has 0 N–H and O–H groups in total. The first kappa shape index (κ1) is 17.7. The maximum Gasteiger partial charge on any atom is 0.612 e. The minimum atomic E-state index is -3.29. The van der Waals surface area contributed by atoms with Gasteiger partial charge >= 0.3 is 19.1 Å². The van der Waals surface area contributed by atoms with Crippen molar-refractivity contribution in [3.05, 3.63) is 34.9 Å². The lowest BCUT2D eigenvalue weighted by molar-refractivity contribution is -0.146. The molecule has 0 radical (unpaired) electrons. The second-order valence-electron chi connectivity index (χ2n) is 5.51. The highest BCUT2D eigenvalue weighted by atomic mass is 35.5. The van der Waals surface area contributed by atoms with Crippen molar-refractivity contribution in [3.8, 4) is 0 Å². The molecule has 0 aromatic heterocycles. The molecular weight excluding hydrogens is 330 g/mol. The number of carbonyl (C=O) groups is 2. The predicted molar refractivity (Wildman–Crippen MR) is 80.2 cm³/mol. The van der Waals surface area contributed by atoms with Crippen LogP contribution in [0.2, 0.25) is 5.02 Å². The summed E-state index contributed by atoms with van der Waals surface area (Å²) in [6.45, 7) is 0.307. The fraction of sp³-hybridized carbons (Fsp3) is 0.429. The molecule has 1 aromatic rings. The molecule has 0 amide bonds. The maximum absolute atomic E-state index is 14.1. The Labute approximate surface area is 137 Å². The molecule has 1 atom stereocenters. The molecule has 0 spiro atoms. The van der Waals surface area contributed by atoms with Crippen LogP contribution in [0.4, 0.5) is 8.78 Å². The fourth-order valence-electron chi connectivity index (χ4n) is 2.35. The number of nitrogens with zero attached hydrogens (tertiary/aromatic N) is 1. The maximum atomic E-state index is 14.1. The first-order valence-corrected chi connectivity index (χ1v) is 7.25. The summed E-state index contributed by atoms with van der Waals surface area (Å²) < 4.78 is 38.1. The van der Waals surface area contributed by atoms with Gasteiger partial charge in [-0.2, -0.15) is 0 Å². The van der Waals surface area contributed by atoms with E-state index in [4.69, 9.17) is 20.9 Å².